The van der Waals surface area contributed by atoms with E-state index in [1.54, 1.807) is 11.3 Å². The maximum Gasteiger partial charge on any atom is 0.0953 e. The van der Waals surface area contributed by atoms with Gasteiger partial charge >= 0.3 is 0 Å². The molecule has 2 rings (SSSR count). The van der Waals surface area contributed by atoms with Crippen LogP contribution in [0.4, 0.5) is 0 Å². The molecule has 15 heavy (non-hydrogen) atoms. The Bertz CT molecular complexity index is 354. The number of aromatic nitrogens is 1. The van der Waals surface area contributed by atoms with Crippen molar-refractivity contribution in [3.63, 3.8) is 0 Å². The lowest BCUT2D eigenvalue weighted by molar-refractivity contribution is 0.557. The van der Waals surface area contributed by atoms with Crippen LogP contribution in [0.15, 0.2) is 5.38 Å². The molecule has 3 heteroatoms. The van der Waals surface area contributed by atoms with Crippen LogP contribution in [0.2, 0.25) is 0 Å². The molecule has 1 heterocycles. The van der Waals surface area contributed by atoms with Crippen LogP contribution in [0, 0.1) is 11.3 Å². The fraction of sp³-hybridized carbons (Fsp3) is 0.750. The average molecular weight is 224 g/mol. The Morgan fingerprint density at radius 3 is 2.60 bits per heavy atom. The molecule has 0 amide bonds. The van der Waals surface area contributed by atoms with Crippen LogP contribution in [-0.4, -0.2) is 11.5 Å². The lowest BCUT2D eigenvalue weighted by Crippen LogP contribution is -2.05. The van der Waals surface area contributed by atoms with E-state index >= 15 is 0 Å². The van der Waals surface area contributed by atoms with Crippen molar-refractivity contribution in [1.82, 2.24) is 4.98 Å². The molecule has 1 aromatic rings. The standard InChI is InChI=1S/C12H20N2S/c1-7(2)11-14-9(6-15-11)10-8(5-13)12(10,3)4/h6-8,10H,5,13H2,1-4H3. The molecule has 0 aromatic carbocycles. The first-order chi connectivity index (χ1) is 6.98. The molecule has 2 nitrogen and oxygen atoms in total. The number of hydrogen-bond donors (Lipinski definition) is 1. The van der Waals surface area contributed by atoms with Crippen molar-refractivity contribution in [3.05, 3.63) is 16.1 Å². The molecule has 2 atom stereocenters. The molecule has 0 saturated heterocycles. The smallest absolute Gasteiger partial charge is 0.0953 e. The summed E-state index contributed by atoms with van der Waals surface area (Å²) in [6.07, 6.45) is 0. The second-order valence-corrected chi connectivity index (χ2v) is 6.30. The molecule has 1 fully saturated rings. The van der Waals surface area contributed by atoms with Crippen LogP contribution in [0.5, 0.6) is 0 Å². The van der Waals surface area contributed by atoms with Gasteiger partial charge in [0.25, 0.3) is 0 Å². The number of hydrogen-bond acceptors (Lipinski definition) is 3. The molecule has 1 saturated carbocycles. The average Bonchev–Trinajstić information content (AvgIpc) is 2.58. The third-order valence-corrected chi connectivity index (χ3v) is 4.82. The number of nitrogens with two attached hydrogens (primary N) is 1. The highest BCUT2D eigenvalue weighted by Gasteiger charge is 2.58. The summed E-state index contributed by atoms with van der Waals surface area (Å²) in [6, 6.07) is 0. The Hall–Kier alpha value is -0.410. The summed E-state index contributed by atoms with van der Waals surface area (Å²) in [5.74, 6) is 1.76. The second-order valence-electron chi connectivity index (χ2n) is 5.41. The van der Waals surface area contributed by atoms with Crippen molar-refractivity contribution < 1.29 is 0 Å². The second kappa shape index (κ2) is 3.56. The molecule has 1 aromatic heterocycles. The summed E-state index contributed by atoms with van der Waals surface area (Å²) in [4.78, 5) is 4.73. The van der Waals surface area contributed by atoms with Crippen molar-refractivity contribution in [2.75, 3.05) is 6.54 Å². The molecule has 1 aliphatic carbocycles. The minimum absolute atomic E-state index is 0.358. The highest BCUT2D eigenvalue weighted by molar-refractivity contribution is 7.09. The first kappa shape index (κ1) is 11.1. The highest BCUT2D eigenvalue weighted by atomic mass is 32.1. The van der Waals surface area contributed by atoms with Crippen molar-refractivity contribution >= 4 is 11.3 Å². The van der Waals surface area contributed by atoms with E-state index in [1.165, 1.54) is 10.7 Å². The van der Waals surface area contributed by atoms with E-state index in [9.17, 15) is 0 Å². The van der Waals surface area contributed by atoms with E-state index in [0.29, 0.717) is 23.2 Å². The van der Waals surface area contributed by atoms with Gasteiger partial charge in [0.2, 0.25) is 0 Å². The minimum Gasteiger partial charge on any atom is -0.330 e. The van der Waals surface area contributed by atoms with Gasteiger partial charge in [-0.1, -0.05) is 27.7 Å². The maximum atomic E-state index is 5.78. The quantitative estimate of drug-likeness (QED) is 0.857. The monoisotopic (exact) mass is 224 g/mol. The van der Waals surface area contributed by atoms with E-state index in [0.717, 1.165) is 6.54 Å². The van der Waals surface area contributed by atoms with Crippen molar-refractivity contribution in [2.45, 2.75) is 39.5 Å². The lowest BCUT2D eigenvalue weighted by Gasteiger charge is -1.99. The number of nitrogens with zero attached hydrogens (tertiary/aromatic N) is 1. The van der Waals surface area contributed by atoms with Gasteiger partial charge < -0.3 is 5.73 Å². The fourth-order valence-corrected chi connectivity index (χ4v) is 3.35. The van der Waals surface area contributed by atoms with Gasteiger partial charge in [-0.3, -0.25) is 0 Å². The molecule has 84 valence electrons. The maximum absolute atomic E-state index is 5.78. The molecule has 0 bridgehead atoms. The van der Waals surface area contributed by atoms with Crippen molar-refractivity contribution in [1.29, 1.82) is 0 Å². The van der Waals surface area contributed by atoms with Crippen LogP contribution >= 0.6 is 11.3 Å². The highest BCUT2D eigenvalue weighted by Crippen LogP contribution is 2.63. The van der Waals surface area contributed by atoms with Gasteiger partial charge in [-0.05, 0) is 17.9 Å². The Morgan fingerprint density at radius 2 is 2.20 bits per heavy atom. The topological polar surface area (TPSA) is 38.9 Å². The predicted octanol–water partition coefficient (Wildman–Crippen LogP) is 2.96. The Kier molecular flexibility index (Phi) is 2.63. The van der Waals surface area contributed by atoms with E-state index < -0.39 is 0 Å². The summed E-state index contributed by atoms with van der Waals surface area (Å²) in [6.45, 7) is 9.77. The summed E-state index contributed by atoms with van der Waals surface area (Å²) in [7, 11) is 0. The van der Waals surface area contributed by atoms with Gasteiger partial charge in [0, 0.05) is 17.2 Å². The van der Waals surface area contributed by atoms with E-state index in [-0.39, 0.29) is 0 Å². The largest absolute Gasteiger partial charge is 0.330 e. The fourth-order valence-electron chi connectivity index (χ4n) is 2.48. The lowest BCUT2D eigenvalue weighted by atomic mass is 10.1. The van der Waals surface area contributed by atoms with Crippen molar-refractivity contribution in [3.8, 4) is 0 Å². The summed E-state index contributed by atoms with van der Waals surface area (Å²) >= 11 is 1.79. The van der Waals surface area contributed by atoms with Crippen LogP contribution in [0.25, 0.3) is 0 Å². The SMILES string of the molecule is CC(C)c1nc(C2C(CN)C2(C)C)cs1. The zero-order valence-corrected chi connectivity index (χ0v) is 10.8. The summed E-state index contributed by atoms with van der Waals surface area (Å²) in [5.41, 5.74) is 7.41. The van der Waals surface area contributed by atoms with E-state index in [1.807, 2.05) is 0 Å². The minimum atomic E-state index is 0.358. The number of rotatable bonds is 3. The summed E-state index contributed by atoms with van der Waals surface area (Å²) in [5, 5.41) is 3.47. The van der Waals surface area contributed by atoms with Gasteiger partial charge in [0.15, 0.2) is 0 Å². The zero-order valence-electron chi connectivity index (χ0n) is 9.95. The van der Waals surface area contributed by atoms with Gasteiger partial charge in [0.05, 0.1) is 10.7 Å². The predicted molar refractivity (Wildman–Crippen MR) is 65.3 cm³/mol. The van der Waals surface area contributed by atoms with Crippen LogP contribution in [0.3, 0.4) is 0 Å². The van der Waals surface area contributed by atoms with E-state index in [2.05, 4.69) is 33.1 Å². The van der Waals surface area contributed by atoms with Gasteiger partial charge in [-0.2, -0.15) is 0 Å². The van der Waals surface area contributed by atoms with Crippen LogP contribution in [-0.2, 0) is 0 Å². The number of thiazole rings is 1. The Balaban J connectivity index is 2.18. The Morgan fingerprint density at radius 1 is 1.53 bits per heavy atom. The first-order valence-electron chi connectivity index (χ1n) is 5.63. The summed E-state index contributed by atoms with van der Waals surface area (Å²) < 4.78 is 0. The molecule has 0 aliphatic heterocycles. The van der Waals surface area contributed by atoms with E-state index in [4.69, 9.17) is 10.7 Å². The molecular weight excluding hydrogens is 204 g/mol. The van der Waals surface area contributed by atoms with Crippen LogP contribution in [0.1, 0.15) is 50.2 Å². The first-order valence-corrected chi connectivity index (χ1v) is 6.51. The normalized spacial score (nSPS) is 28.4. The Labute approximate surface area is 95.9 Å². The zero-order chi connectivity index (χ0) is 11.2. The van der Waals surface area contributed by atoms with Gasteiger partial charge in [-0.25, -0.2) is 4.98 Å². The third kappa shape index (κ3) is 1.72. The molecule has 2 unspecified atom stereocenters. The molecule has 0 radical (unpaired) electrons. The molecular formula is C12H20N2S. The van der Waals surface area contributed by atoms with Crippen molar-refractivity contribution in [2.24, 2.45) is 17.1 Å². The molecule has 2 N–H and O–H groups in total. The molecule has 1 aliphatic rings. The van der Waals surface area contributed by atoms with Gasteiger partial charge in [-0.15, -0.1) is 11.3 Å². The van der Waals surface area contributed by atoms with Crippen LogP contribution < -0.4 is 5.73 Å². The third-order valence-electron chi connectivity index (χ3n) is 3.66. The molecule has 0 spiro atoms. The van der Waals surface area contributed by atoms with Gasteiger partial charge in [0.1, 0.15) is 0 Å².